The minimum Gasteiger partial charge on any atom is -0.394 e. The van der Waals surface area contributed by atoms with Gasteiger partial charge in [0.05, 0.1) is 25.4 Å². The Hall–Kier alpha value is -1.00. The first kappa shape index (κ1) is 40.7. The van der Waals surface area contributed by atoms with E-state index in [2.05, 4.69) is 47.6 Å². The summed E-state index contributed by atoms with van der Waals surface area (Å²) in [5.41, 5.74) is 4.80. The molecule has 2 aliphatic heterocycles. The number of aliphatic hydroxyl groups excluding tert-OH is 8. The fraction of sp³-hybridized carbons (Fsp3) is 0.900. The number of hydrogen-bond donors (Lipinski definition) is 8. The summed E-state index contributed by atoms with van der Waals surface area (Å²) < 4.78 is 24.1. The van der Waals surface area contributed by atoms with Crippen LogP contribution >= 0.6 is 0 Å². The molecule has 11 unspecified atom stereocenters. The van der Waals surface area contributed by atoms with Gasteiger partial charge in [0, 0.05) is 0 Å². The Labute approximate surface area is 308 Å². The summed E-state index contributed by atoms with van der Waals surface area (Å²) in [6, 6.07) is 0. The molecule has 6 aliphatic rings. The Morgan fingerprint density at radius 2 is 1.44 bits per heavy atom. The van der Waals surface area contributed by atoms with Gasteiger partial charge in [-0.05, 0) is 109 Å². The molecule has 6 rings (SSSR count). The molecular weight excluding hydrogens is 672 g/mol. The van der Waals surface area contributed by atoms with Crippen LogP contribution < -0.4 is 0 Å². The van der Waals surface area contributed by atoms with Crippen LogP contribution in [0, 0.1) is 40.4 Å². The predicted molar refractivity (Wildman–Crippen MR) is 190 cm³/mol. The zero-order valence-corrected chi connectivity index (χ0v) is 31.9. The standard InChI is InChI=1S/C40H66O12/c1-19(2)15-22(43)16-20(3)24-9-10-26-23-7-8-25-21(4)28(12-14-40(25,6)27(23)11-13-39(24,26)5)49-38-36(34(47)32(45)30(18-42)51-38)52-37-35(48)33(46)31(44)29(17-41)50-37/h10,19-22,24-25,28-38,41-48H,7-9,11-18H2,1-6H3/t20-,21+,22?,24-,25+,28+,29?,30?,31?,32?,33?,34?,35?,36?,37?,38?,39-,40+/m1/s1. The van der Waals surface area contributed by atoms with Gasteiger partial charge in [0.2, 0.25) is 0 Å². The Morgan fingerprint density at radius 3 is 2.10 bits per heavy atom. The van der Waals surface area contributed by atoms with Gasteiger partial charge in [0.25, 0.3) is 0 Å². The average molecular weight is 739 g/mol. The second-order valence-corrected chi connectivity index (χ2v) is 18.0. The smallest absolute Gasteiger partial charge is 0.187 e. The molecule has 3 fully saturated rings. The summed E-state index contributed by atoms with van der Waals surface area (Å²) in [4.78, 5) is 0. The highest BCUT2D eigenvalue weighted by molar-refractivity contribution is 5.49. The zero-order valence-electron chi connectivity index (χ0n) is 31.9. The van der Waals surface area contributed by atoms with Gasteiger partial charge in [-0.1, -0.05) is 53.2 Å². The van der Waals surface area contributed by atoms with Crippen molar-refractivity contribution in [3.05, 3.63) is 22.8 Å². The molecule has 2 heterocycles. The van der Waals surface area contributed by atoms with Gasteiger partial charge in [-0.25, -0.2) is 0 Å². The highest BCUT2D eigenvalue weighted by Gasteiger charge is 2.57. The largest absolute Gasteiger partial charge is 0.394 e. The summed E-state index contributed by atoms with van der Waals surface area (Å²) in [7, 11) is 0. The van der Waals surface area contributed by atoms with Crippen LogP contribution in [0.2, 0.25) is 0 Å². The molecule has 2 saturated heterocycles. The van der Waals surface area contributed by atoms with Crippen LogP contribution in [0.4, 0.5) is 0 Å². The lowest BCUT2D eigenvalue weighted by Crippen LogP contribution is -2.65. The summed E-state index contributed by atoms with van der Waals surface area (Å²) in [6.45, 7) is 12.5. The molecule has 0 aromatic heterocycles. The third kappa shape index (κ3) is 7.23. The normalized spacial score (nSPS) is 47.8. The number of fused-ring (bicyclic) bond motifs is 4. The van der Waals surface area contributed by atoms with Gasteiger partial charge in [-0.3, -0.25) is 0 Å². The van der Waals surface area contributed by atoms with E-state index in [1.54, 1.807) is 16.7 Å². The van der Waals surface area contributed by atoms with Crippen LogP contribution in [-0.4, -0.2) is 128 Å². The van der Waals surface area contributed by atoms with E-state index in [1.165, 1.54) is 0 Å². The van der Waals surface area contributed by atoms with Crippen LogP contribution in [0.3, 0.4) is 0 Å². The third-order valence-electron chi connectivity index (χ3n) is 14.3. The van der Waals surface area contributed by atoms with Crippen molar-refractivity contribution in [2.45, 2.75) is 173 Å². The molecule has 0 spiro atoms. The molecule has 52 heavy (non-hydrogen) atoms. The second-order valence-electron chi connectivity index (χ2n) is 18.0. The zero-order chi connectivity index (χ0) is 37.9. The Balaban J connectivity index is 1.17. The van der Waals surface area contributed by atoms with Crippen molar-refractivity contribution in [2.75, 3.05) is 13.2 Å². The van der Waals surface area contributed by atoms with Crippen molar-refractivity contribution in [3.63, 3.8) is 0 Å². The average Bonchev–Trinajstić information content (AvgIpc) is 3.46. The lowest BCUT2D eigenvalue weighted by atomic mass is 9.49. The maximum atomic E-state index is 11.2. The molecule has 4 aliphatic carbocycles. The molecule has 0 radical (unpaired) electrons. The van der Waals surface area contributed by atoms with E-state index >= 15 is 0 Å². The lowest BCUT2D eigenvalue weighted by Gasteiger charge is -2.57. The topological polar surface area (TPSA) is 199 Å². The Morgan fingerprint density at radius 1 is 0.788 bits per heavy atom. The van der Waals surface area contributed by atoms with E-state index in [1.807, 2.05) is 0 Å². The number of allylic oxidation sites excluding steroid dienone is 4. The van der Waals surface area contributed by atoms with Crippen molar-refractivity contribution in [2.24, 2.45) is 40.4 Å². The van der Waals surface area contributed by atoms with E-state index in [4.69, 9.17) is 18.9 Å². The first-order valence-corrected chi connectivity index (χ1v) is 19.9. The quantitative estimate of drug-likeness (QED) is 0.154. The summed E-state index contributed by atoms with van der Waals surface area (Å²) in [5.74, 6) is 1.87. The molecule has 298 valence electrons. The number of hydrogen-bond acceptors (Lipinski definition) is 12. The van der Waals surface area contributed by atoms with Gasteiger partial charge >= 0.3 is 0 Å². The van der Waals surface area contributed by atoms with Gasteiger partial charge < -0.3 is 59.8 Å². The first-order chi connectivity index (χ1) is 24.5. The molecular formula is C40H66O12. The van der Waals surface area contributed by atoms with Crippen molar-refractivity contribution in [1.29, 1.82) is 0 Å². The van der Waals surface area contributed by atoms with Crippen molar-refractivity contribution < 1.29 is 59.8 Å². The van der Waals surface area contributed by atoms with E-state index in [-0.39, 0.29) is 29.0 Å². The third-order valence-corrected chi connectivity index (χ3v) is 14.3. The van der Waals surface area contributed by atoms with Gasteiger partial charge in [-0.2, -0.15) is 0 Å². The SMILES string of the molecule is CC(C)CC(O)C[C@@H](C)[C@H]1CC=C2C3=C(CC[C@@]21C)[C@@]1(C)CC[C@H](OC2OC(CO)C(O)C(O)C2OC2OC(CO)C(O)C(O)C2O)[C@@H](C)[C@@H]1CC3. The molecule has 8 N–H and O–H groups in total. The van der Waals surface area contributed by atoms with Crippen LogP contribution in [-0.2, 0) is 18.9 Å². The lowest BCUT2D eigenvalue weighted by molar-refractivity contribution is -0.374. The first-order valence-electron chi connectivity index (χ1n) is 19.9. The van der Waals surface area contributed by atoms with Crippen molar-refractivity contribution in [3.8, 4) is 0 Å². The van der Waals surface area contributed by atoms with E-state index < -0.39 is 74.6 Å². The van der Waals surface area contributed by atoms with Gasteiger partial charge in [0.15, 0.2) is 12.6 Å². The molecule has 0 amide bonds. The fourth-order valence-electron chi connectivity index (χ4n) is 11.4. The number of ether oxygens (including phenoxy) is 4. The molecule has 18 atom stereocenters. The maximum absolute atomic E-state index is 11.2. The Kier molecular flexibility index (Phi) is 12.4. The molecule has 0 bridgehead atoms. The van der Waals surface area contributed by atoms with Crippen molar-refractivity contribution in [1.82, 2.24) is 0 Å². The Bertz CT molecular complexity index is 1300. The minimum absolute atomic E-state index is 0.00478. The summed E-state index contributed by atoms with van der Waals surface area (Å²) in [6.07, 6.45) is -4.22. The number of aliphatic hydroxyl groups is 8. The van der Waals surface area contributed by atoms with Gasteiger partial charge in [0.1, 0.15) is 48.8 Å². The molecule has 12 heteroatoms. The molecule has 1 saturated carbocycles. The van der Waals surface area contributed by atoms with E-state index in [9.17, 15) is 40.9 Å². The monoisotopic (exact) mass is 738 g/mol. The van der Waals surface area contributed by atoms with Crippen LogP contribution in [0.1, 0.15) is 99.3 Å². The highest BCUT2D eigenvalue weighted by atomic mass is 16.8. The summed E-state index contributed by atoms with van der Waals surface area (Å²) >= 11 is 0. The van der Waals surface area contributed by atoms with Crippen molar-refractivity contribution >= 4 is 0 Å². The van der Waals surface area contributed by atoms with Crippen LogP contribution in [0.25, 0.3) is 0 Å². The summed E-state index contributed by atoms with van der Waals surface area (Å²) in [5, 5.41) is 83.6. The van der Waals surface area contributed by atoms with Crippen LogP contribution in [0.5, 0.6) is 0 Å². The van der Waals surface area contributed by atoms with Crippen LogP contribution in [0.15, 0.2) is 22.8 Å². The fourth-order valence-corrected chi connectivity index (χ4v) is 11.4. The highest BCUT2D eigenvalue weighted by Crippen LogP contribution is 2.65. The molecule has 12 nitrogen and oxygen atoms in total. The van der Waals surface area contributed by atoms with Gasteiger partial charge in [-0.15, -0.1) is 0 Å². The maximum Gasteiger partial charge on any atom is 0.187 e. The molecule has 0 aromatic rings. The number of rotatable bonds is 11. The van der Waals surface area contributed by atoms with E-state index in [0.717, 1.165) is 51.4 Å². The molecule has 0 aromatic carbocycles. The van der Waals surface area contributed by atoms with E-state index in [0.29, 0.717) is 30.1 Å². The predicted octanol–water partition coefficient (Wildman–Crippen LogP) is 2.32. The minimum atomic E-state index is -1.72. The second kappa shape index (κ2) is 15.9.